The number of hydrogen-bond donors (Lipinski definition) is 1. The molecule has 0 atom stereocenters. The van der Waals surface area contributed by atoms with Crippen molar-refractivity contribution in [1.29, 1.82) is 0 Å². The summed E-state index contributed by atoms with van der Waals surface area (Å²) in [5, 5.41) is 3.92. The van der Waals surface area contributed by atoms with Gasteiger partial charge in [0.05, 0.1) is 0 Å². The Bertz CT molecular complexity index is 550. The van der Waals surface area contributed by atoms with Gasteiger partial charge in [0.25, 0.3) is 0 Å². The summed E-state index contributed by atoms with van der Waals surface area (Å²) in [6.45, 7) is 6.37. The molecule has 1 aromatic heterocycles. The van der Waals surface area contributed by atoms with Gasteiger partial charge in [-0.25, -0.2) is 4.98 Å². The molecule has 0 aliphatic carbocycles. The summed E-state index contributed by atoms with van der Waals surface area (Å²) in [5.41, 5.74) is 0.925. The van der Waals surface area contributed by atoms with Crippen molar-refractivity contribution in [3.8, 4) is 0 Å². The molecule has 5 heteroatoms. The molecule has 0 aliphatic rings. The molecule has 0 aliphatic heterocycles. The first-order chi connectivity index (χ1) is 10.2. The minimum Gasteiger partial charge on any atom is -0.356 e. The zero-order valence-corrected chi connectivity index (χ0v) is 13.3. The Hall–Kier alpha value is -1.81. The molecule has 1 N–H and O–H groups in total. The van der Waals surface area contributed by atoms with Gasteiger partial charge >= 0.3 is 0 Å². The average Bonchev–Trinajstić information content (AvgIpc) is 2.50. The molecule has 2 aromatic rings. The van der Waals surface area contributed by atoms with Crippen molar-refractivity contribution < 1.29 is 0 Å². The van der Waals surface area contributed by atoms with Crippen LogP contribution in [0, 0.1) is 0 Å². The summed E-state index contributed by atoms with van der Waals surface area (Å²) in [7, 11) is 0. The van der Waals surface area contributed by atoms with E-state index in [0.29, 0.717) is 11.0 Å². The van der Waals surface area contributed by atoms with Gasteiger partial charge in [-0.05, 0) is 43.2 Å². The van der Waals surface area contributed by atoms with E-state index in [1.165, 1.54) is 0 Å². The lowest BCUT2D eigenvalue weighted by atomic mass is 10.3. The molecule has 0 saturated carbocycles. The van der Waals surface area contributed by atoms with Crippen LogP contribution in [-0.2, 0) is 0 Å². The molecule has 4 nitrogen and oxygen atoms in total. The Morgan fingerprint density at radius 1 is 1.05 bits per heavy atom. The third-order valence-corrected chi connectivity index (χ3v) is 3.30. The summed E-state index contributed by atoms with van der Waals surface area (Å²) in [6, 6.07) is 9.46. The summed E-state index contributed by atoms with van der Waals surface area (Å²) >= 11 is 5.89. The molecule has 0 amide bonds. The smallest absolute Gasteiger partial charge is 0.229 e. The van der Waals surface area contributed by atoms with Gasteiger partial charge in [0.1, 0.15) is 5.82 Å². The number of nitrogens with zero attached hydrogens (tertiary/aromatic N) is 3. The van der Waals surface area contributed by atoms with Crippen molar-refractivity contribution in [2.75, 3.05) is 23.3 Å². The maximum absolute atomic E-state index is 5.89. The lowest BCUT2D eigenvalue weighted by molar-refractivity contribution is 0.733. The molecule has 0 spiro atoms. The predicted molar refractivity (Wildman–Crippen MR) is 89.6 cm³/mol. The molecule has 0 fully saturated rings. The summed E-state index contributed by atoms with van der Waals surface area (Å²) in [4.78, 5) is 11.2. The molecular formula is C16H21ClN4. The van der Waals surface area contributed by atoms with Crippen LogP contribution in [0.1, 0.15) is 26.7 Å². The Kier molecular flexibility index (Phi) is 5.81. The first-order valence-electron chi connectivity index (χ1n) is 7.33. The van der Waals surface area contributed by atoms with E-state index in [1.54, 1.807) is 6.20 Å². The van der Waals surface area contributed by atoms with Crippen molar-refractivity contribution >= 4 is 29.1 Å². The number of halogens is 1. The van der Waals surface area contributed by atoms with Crippen molar-refractivity contribution in [2.45, 2.75) is 26.7 Å². The van der Waals surface area contributed by atoms with Crippen LogP contribution in [0.4, 0.5) is 17.5 Å². The van der Waals surface area contributed by atoms with Crippen molar-refractivity contribution in [3.05, 3.63) is 41.6 Å². The van der Waals surface area contributed by atoms with E-state index in [1.807, 2.05) is 30.3 Å². The van der Waals surface area contributed by atoms with Crippen LogP contribution in [0.2, 0.25) is 5.02 Å². The van der Waals surface area contributed by atoms with Gasteiger partial charge in [-0.3, -0.25) is 0 Å². The highest BCUT2D eigenvalue weighted by molar-refractivity contribution is 6.30. The lowest BCUT2D eigenvalue weighted by Gasteiger charge is -2.22. The highest BCUT2D eigenvalue weighted by atomic mass is 35.5. The number of anilines is 3. The summed E-state index contributed by atoms with van der Waals surface area (Å²) in [5.74, 6) is 1.57. The highest BCUT2D eigenvalue weighted by Crippen LogP contribution is 2.18. The van der Waals surface area contributed by atoms with E-state index in [0.717, 1.165) is 37.4 Å². The normalized spacial score (nSPS) is 10.4. The quantitative estimate of drug-likeness (QED) is 0.817. The Morgan fingerprint density at radius 3 is 2.33 bits per heavy atom. The number of aromatic nitrogens is 2. The maximum atomic E-state index is 5.89. The van der Waals surface area contributed by atoms with E-state index in [-0.39, 0.29) is 0 Å². The molecular weight excluding hydrogens is 284 g/mol. The van der Waals surface area contributed by atoms with E-state index in [4.69, 9.17) is 11.6 Å². The second kappa shape index (κ2) is 7.84. The third kappa shape index (κ3) is 4.60. The Labute approximate surface area is 131 Å². The molecule has 0 bridgehead atoms. The minimum atomic E-state index is 0.604. The van der Waals surface area contributed by atoms with Crippen LogP contribution in [0.3, 0.4) is 0 Å². The van der Waals surface area contributed by atoms with E-state index >= 15 is 0 Å². The Morgan fingerprint density at radius 2 is 1.71 bits per heavy atom. The van der Waals surface area contributed by atoms with Crippen molar-refractivity contribution in [3.63, 3.8) is 0 Å². The van der Waals surface area contributed by atoms with Gasteiger partial charge in [-0.15, -0.1) is 0 Å². The number of hydrogen-bond acceptors (Lipinski definition) is 4. The van der Waals surface area contributed by atoms with Crippen molar-refractivity contribution in [1.82, 2.24) is 9.97 Å². The first kappa shape index (κ1) is 15.6. The van der Waals surface area contributed by atoms with Gasteiger partial charge in [-0.2, -0.15) is 4.98 Å². The maximum Gasteiger partial charge on any atom is 0.229 e. The van der Waals surface area contributed by atoms with E-state index < -0.39 is 0 Å². The topological polar surface area (TPSA) is 41.1 Å². The standard InChI is InChI=1S/C16H21ClN4/c1-3-11-21(12-4-2)15-9-10-18-16(20-15)19-14-7-5-13(17)6-8-14/h5-10H,3-4,11-12H2,1-2H3,(H,18,19,20). The molecule has 0 saturated heterocycles. The SMILES string of the molecule is CCCN(CCC)c1ccnc(Nc2ccc(Cl)cc2)n1. The molecule has 1 aromatic carbocycles. The fraction of sp³-hybridized carbons (Fsp3) is 0.375. The summed E-state index contributed by atoms with van der Waals surface area (Å²) in [6.07, 6.45) is 3.99. The van der Waals surface area contributed by atoms with Gasteiger partial charge in [0.2, 0.25) is 5.95 Å². The Balaban J connectivity index is 2.14. The number of nitrogens with one attached hydrogen (secondary N) is 1. The molecule has 0 unspecified atom stereocenters. The zero-order valence-electron chi connectivity index (χ0n) is 12.5. The van der Waals surface area contributed by atoms with Crippen molar-refractivity contribution in [2.24, 2.45) is 0 Å². The zero-order chi connectivity index (χ0) is 15.1. The van der Waals surface area contributed by atoms with E-state index in [2.05, 4.69) is 34.0 Å². The van der Waals surface area contributed by atoms with Crippen LogP contribution in [0.15, 0.2) is 36.5 Å². The van der Waals surface area contributed by atoms with Crippen LogP contribution in [-0.4, -0.2) is 23.1 Å². The number of benzene rings is 1. The summed E-state index contributed by atoms with van der Waals surface area (Å²) < 4.78 is 0. The minimum absolute atomic E-state index is 0.604. The fourth-order valence-corrected chi connectivity index (χ4v) is 2.25. The van der Waals surface area contributed by atoms with Gasteiger partial charge in [0, 0.05) is 30.0 Å². The molecule has 112 valence electrons. The predicted octanol–water partition coefficient (Wildman–Crippen LogP) is 4.50. The third-order valence-electron chi connectivity index (χ3n) is 3.05. The first-order valence-corrected chi connectivity index (χ1v) is 7.71. The second-order valence-electron chi connectivity index (χ2n) is 4.86. The van der Waals surface area contributed by atoms with Crippen LogP contribution >= 0.6 is 11.6 Å². The van der Waals surface area contributed by atoms with Crippen LogP contribution < -0.4 is 10.2 Å². The lowest BCUT2D eigenvalue weighted by Crippen LogP contribution is -2.26. The van der Waals surface area contributed by atoms with Crippen LogP contribution in [0.5, 0.6) is 0 Å². The van der Waals surface area contributed by atoms with Gasteiger partial charge < -0.3 is 10.2 Å². The molecule has 2 rings (SSSR count). The fourth-order valence-electron chi connectivity index (χ4n) is 2.13. The molecule has 0 radical (unpaired) electrons. The largest absolute Gasteiger partial charge is 0.356 e. The van der Waals surface area contributed by atoms with Gasteiger partial charge in [-0.1, -0.05) is 25.4 Å². The van der Waals surface area contributed by atoms with E-state index in [9.17, 15) is 0 Å². The molecule has 1 heterocycles. The van der Waals surface area contributed by atoms with Crippen LogP contribution in [0.25, 0.3) is 0 Å². The molecule has 21 heavy (non-hydrogen) atoms. The number of rotatable bonds is 7. The second-order valence-corrected chi connectivity index (χ2v) is 5.29. The van der Waals surface area contributed by atoms with Gasteiger partial charge in [0.15, 0.2) is 0 Å². The monoisotopic (exact) mass is 304 g/mol. The average molecular weight is 305 g/mol. The highest BCUT2D eigenvalue weighted by Gasteiger charge is 2.07.